The summed E-state index contributed by atoms with van der Waals surface area (Å²) >= 11 is 0. The zero-order valence-corrected chi connectivity index (χ0v) is 7.32. The molecule has 0 unspecified atom stereocenters. The van der Waals surface area contributed by atoms with Gasteiger partial charge < -0.3 is 4.84 Å². The molecule has 1 amide bonds. The molecule has 1 aliphatic rings. The van der Waals surface area contributed by atoms with E-state index in [9.17, 15) is 22.8 Å². The maximum atomic E-state index is 11.8. The summed E-state index contributed by atoms with van der Waals surface area (Å²) in [4.78, 5) is 25.3. The van der Waals surface area contributed by atoms with Crippen molar-refractivity contribution in [2.45, 2.75) is 12.6 Å². The lowest BCUT2D eigenvalue weighted by molar-refractivity contribution is -0.228. The Morgan fingerprint density at radius 3 is 2.67 bits per heavy atom. The minimum atomic E-state index is -5.12. The summed E-state index contributed by atoms with van der Waals surface area (Å²) in [6.07, 6.45) is -0.129. The maximum absolute atomic E-state index is 11.8. The number of amides is 1. The molecule has 0 fully saturated rings. The van der Waals surface area contributed by atoms with Gasteiger partial charge in [-0.3, -0.25) is 4.79 Å². The summed E-state index contributed by atoms with van der Waals surface area (Å²) in [5, 5.41) is 0.260. The summed E-state index contributed by atoms with van der Waals surface area (Å²) in [7, 11) is 0. The Bertz CT molecular complexity index is 333. The minimum Gasteiger partial charge on any atom is -0.325 e. The van der Waals surface area contributed by atoms with E-state index in [1.54, 1.807) is 0 Å². The number of nitrogens with zero attached hydrogens (tertiary/aromatic N) is 1. The van der Waals surface area contributed by atoms with Crippen LogP contribution in [0.3, 0.4) is 0 Å². The van der Waals surface area contributed by atoms with Gasteiger partial charge in [0.15, 0.2) is 0 Å². The van der Waals surface area contributed by atoms with Crippen LogP contribution in [-0.2, 0) is 14.4 Å². The SMILES string of the molecule is O=C1CC=CC=CN1OC(=O)C(F)(F)F. The lowest BCUT2D eigenvalue weighted by Crippen LogP contribution is -2.35. The van der Waals surface area contributed by atoms with Crippen LogP contribution in [-0.4, -0.2) is 23.1 Å². The molecule has 0 atom stereocenters. The number of rotatable bonds is 1. The number of hydrogen-bond acceptors (Lipinski definition) is 3. The fraction of sp³-hybridized carbons (Fsp3) is 0.250. The van der Waals surface area contributed by atoms with Gasteiger partial charge in [0.1, 0.15) is 0 Å². The molecule has 1 heterocycles. The Labute approximate surface area is 82.6 Å². The van der Waals surface area contributed by atoms with Crippen LogP contribution >= 0.6 is 0 Å². The molecule has 0 saturated heterocycles. The van der Waals surface area contributed by atoms with Crippen LogP contribution in [0.15, 0.2) is 24.4 Å². The zero-order valence-electron chi connectivity index (χ0n) is 7.32. The molecule has 1 aliphatic heterocycles. The zero-order chi connectivity index (χ0) is 11.5. The summed E-state index contributed by atoms with van der Waals surface area (Å²) in [6.45, 7) is 0. The lowest BCUT2D eigenvalue weighted by Gasteiger charge is -2.16. The third-order valence-corrected chi connectivity index (χ3v) is 1.42. The summed E-state index contributed by atoms with van der Waals surface area (Å²) in [5.74, 6) is -3.18. The highest BCUT2D eigenvalue weighted by Gasteiger charge is 2.43. The second-order valence-corrected chi connectivity index (χ2v) is 2.57. The molecule has 0 bridgehead atoms. The normalized spacial score (nSPS) is 16.5. The van der Waals surface area contributed by atoms with E-state index in [4.69, 9.17) is 0 Å². The van der Waals surface area contributed by atoms with E-state index in [0.29, 0.717) is 0 Å². The molecule has 0 radical (unpaired) electrons. The molecule has 0 aromatic carbocycles. The van der Waals surface area contributed by atoms with E-state index in [-0.39, 0.29) is 11.5 Å². The number of hydroxylamine groups is 2. The number of hydrogen-bond donors (Lipinski definition) is 0. The highest BCUT2D eigenvalue weighted by atomic mass is 19.4. The van der Waals surface area contributed by atoms with Crippen LogP contribution in [0.2, 0.25) is 0 Å². The van der Waals surface area contributed by atoms with Gasteiger partial charge in [0, 0.05) is 12.6 Å². The largest absolute Gasteiger partial charge is 0.493 e. The van der Waals surface area contributed by atoms with Crippen LogP contribution in [0.5, 0.6) is 0 Å². The second-order valence-electron chi connectivity index (χ2n) is 2.57. The van der Waals surface area contributed by atoms with Gasteiger partial charge in [-0.1, -0.05) is 12.2 Å². The molecule has 0 spiro atoms. The van der Waals surface area contributed by atoms with Crippen LogP contribution in [0, 0.1) is 0 Å². The Balaban J connectivity index is 2.66. The second kappa shape index (κ2) is 4.16. The first-order chi connectivity index (χ1) is 6.91. The topological polar surface area (TPSA) is 46.6 Å². The molecule has 4 nitrogen and oxygen atoms in total. The third kappa shape index (κ3) is 3.12. The molecule has 1 rings (SSSR count). The Kier molecular flexibility index (Phi) is 3.13. The van der Waals surface area contributed by atoms with E-state index in [0.717, 1.165) is 6.20 Å². The molecule has 15 heavy (non-hydrogen) atoms. The standard InChI is InChI=1S/C8H6F3NO3/c9-8(10,11)7(14)15-12-5-3-1-2-4-6(12)13/h1-3,5H,4H2. The molecule has 0 aromatic rings. The van der Waals surface area contributed by atoms with Crippen molar-refractivity contribution < 1.29 is 27.6 Å². The van der Waals surface area contributed by atoms with Crippen molar-refractivity contribution in [1.29, 1.82) is 0 Å². The molecule has 0 aromatic heterocycles. The number of carbonyl (C=O) groups excluding carboxylic acids is 2. The lowest BCUT2D eigenvalue weighted by atomic mass is 10.4. The quantitative estimate of drug-likeness (QED) is 0.670. The molecule has 0 aliphatic carbocycles. The highest BCUT2D eigenvalue weighted by molar-refractivity contribution is 5.82. The maximum Gasteiger partial charge on any atom is 0.493 e. The molecule has 0 N–H and O–H groups in total. The van der Waals surface area contributed by atoms with Crippen molar-refractivity contribution >= 4 is 11.9 Å². The van der Waals surface area contributed by atoms with E-state index in [1.165, 1.54) is 18.2 Å². The predicted molar refractivity (Wildman–Crippen MR) is 41.9 cm³/mol. The number of halogens is 3. The van der Waals surface area contributed by atoms with Crippen molar-refractivity contribution in [2.24, 2.45) is 0 Å². The fourth-order valence-corrected chi connectivity index (χ4v) is 0.771. The van der Waals surface area contributed by atoms with E-state index in [2.05, 4.69) is 4.84 Å². The highest BCUT2D eigenvalue weighted by Crippen LogP contribution is 2.18. The smallest absolute Gasteiger partial charge is 0.325 e. The van der Waals surface area contributed by atoms with Gasteiger partial charge in [0.25, 0.3) is 5.91 Å². The van der Waals surface area contributed by atoms with Gasteiger partial charge in [-0.05, 0) is 6.08 Å². The van der Waals surface area contributed by atoms with Gasteiger partial charge in [-0.15, -0.1) is 5.06 Å². The predicted octanol–water partition coefficient (Wildman–Crippen LogP) is 1.31. The van der Waals surface area contributed by atoms with Crippen LogP contribution in [0.1, 0.15) is 6.42 Å². The van der Waals surface area contributed by atoms with Crippen molar-refractivity contribution in [3.63, 3.8) is 0 Å². The monoisotopic (exact) mass is 221 g/mol. The number of carbonyl (C=O) groups is 2. The van der Waals surface area contributed by atoms with Crippen molar-refractivity contribution in [2.75, 3.05) is 0 Å². The van der Waals surface area contributed by atoms with Gasteiger partial charge in [-0.25, -0.2) is 4.79 Å². The van der Waals surface area contributed by atoms with Gasteiger partial charge >= 0.3 is 12.1 Å². The average molecular weight is 221 g/mol. The van der Waals surface area contributed by atoms with Gasteiger partial charge in [0.05, 0.1) is 0 Å². The minimum absolute atomic E-state index is 0.127. The third-order valence-electron chi connectivity index (χ3n) is 1.42. The Morgan fingerprint density at radius 2 is 2.07 bits per heavy atom. The van der Waals surface area contributed by atoms with Gasteiger partial charge in [0.2, 0.25) is 0 Å². The van der Waals surface area contributed by atoms with E-state index in [1.807, 2.05) is 0 Å². The first-order valence-electron chi connectivity index (χ1n) is 3.86. The van der Waals surface area contributed by atoms with Crippen LogP contribution in [0.25, 0.3) is 0 Å². The van der Waals surface area contributed by atoms with E-state index < -0.39 is 18.1 Å². The first-order valence-corrected chi connectivity index (χ1v) is 3.86. The summed E-state index contributed by atoms with van der Waals surface area (Å²) in [5.41, 5.74) is 0. The molecule has 7 heteroatoms. The average Bonchev–Trinajstić information content (AvgIpc) is 2.30. The van der Waals surface area contributed by atoms with Crippen molar-refractivity contribution in [3.05, 3.63) is 24.4 Å². The summed E-state index contributed by atoms with van der Waals surface area (Å²) < 4.78 is 35.3. The number of allylic oxidation sites excluding steroid dienone is 2. The van der Waals surface area contributed by atoms with Crippen molar-refractivity contribution in [3.8, 4) is 0 Å². The fourth-order valence-electron chi connectivity index (χ4n) is 0.771. The van der Waals surface area contributed by atoms with Gasteiger partial charge in [-0.2, -0.15) is 13.2 Å². The van der Waals surface area contributed by atoms with E-state index >= 15 is 0 Å². The molecule has 82 valence electrons. The summed E-state index contributed by atoms with van der Waals surface area (Å²) in [6, 6.07) is 0. The number of alkyl halides is 3. The van der Waals surface area contributed by atoms with Crippen molar-refractivity contribution in [1.82, 2.24) is 5.06 Å². The Hall–Kier alpha value is -1.79. The van der Waals surface area contributed by atoms with Crippen LogP contribution in [0.4, 0.5) is 13.2 Å². The molecular weight excluding hydrogens is 215 g/mol. The van der Waals surface area contributed by atoms with Crippen LogP contribution < -0.4 is 0 Å². The Morgan fingerprint density at radius 1 is 1.40 bits per heavy atom. The first kappa shape index (κ1) is 11.3. The molecule has 0 saturated carbocycles. The molecular formula is C8H6F3NO3.